The van der Waals surface area contributed by atoms with Gasteiger partial charge in [-0.25, -0.2) is 4.68 Å². The van der Waals surface area contributed by atoms with Gasteiger partial charge in [-0.3, -0.25) is 0 Å². The third-order valence-electron chi connectivity index (χ3n) is 1.97. The summed E-state index contributed by atoms with van der Waals surface area (Å²) in [7, 11) is 0. The molecule has 6 heteroatoms. The van der Waals surface area contributed by atoms with Crippen LogP contribution in [0, 0.1) is 0 Å². The van der Waals surface area contributed by atoms with Crippen molar-refractivity contribution < 1.29 is 0 Å². The second kappa shape index (κ2) is 3.06. The Morgan fingerprint density at radius 1 is 1.33 bits per heavy atom. The Balaban J connectivity index is 2.43. The number of fused-ring (bicyclic) bond motifs is 1. The second-order valence-corrected chi connectivity index (χ2v) is 6.66. The highest BCUT2D eigenvalue weighted by Gasteiger charge is 2.33. The average Bonchev–Trinajstić information content (AvgIpc) is 2.42. The molecule has 1 aliphatic rings. The number of hydrogen-bond donors (Lipinski definition) is 0. The van der Waals surface area contributed by atoms with Crippen LogP contribution in [0.2, 0.25) is 0 Å². The lowest BCUT2D eigenvalue weighted by atomic mass is 10.2. The summed E-state index contributed by atoms with van der Waals surface area (Å²) in [6, 6.07) is 0. The molecule has 0 N–H and O–H groups in total. The van der Waals surface area contributed by atoms with Gasteiger partial charge in [0.2, 0.25) is 0 Å². The SMILES string of the molecule is BrC1(Br)CCCCn2nnnc21. The molecule has 0 unspecified atom stereocenters. The van der Waals surface area contributed by atoms with Gasteiger partial charge in [-0.1, -0.05) is 31.9 Å². The van der Waals surface area contributed by atoms with Crippen LogP contribution >= 0.6 is 31.9 Å². The molecule has 0 aliphatic carbocycles. The summed E-state index contributed by atoms with van der Waals surface area (Å²) in [6.07, 6.45) is 3.33. The van der Waals surface area contributed by atoms with Gasteiger partial charge in [0.15, 0.2) is 5.82 Å². The van der Waals surface area contributed by atoms with Crippen molar-refractivity contribution in [3.8, 4) is 0 Å². The number of tetrazole rings is 1. The van der Waals surface area contributed by atoms with E-state index in [0.717, 1.165) is 25.2 Å². The van der Waals surface area contributed by atoms with E-state index >= 15 is 0 Å². The second-order valence-electron chi connectivity index (χ2n) is 2.89. The summed E-state index contributed by atoms with van der Waals surface area (Å²) in [5.41, 5.74) is 0. The van der Waals surface area contributed by atoms with Gasteiger partial charge in [-0.2, -0.15) is 0 Å². The van der Waals surface area contributed by atoms with Crippen molar-refractivity contribution in [1.82, 2.24) is 20.2 Å². The van der Waals surface area contributed by atoms with E-state index in [0.29, 0.717) is 0 Å². The highest BCUT2D eigenvalue weighted by Crippen LogP contribution is 2.42. The molecule has 2 heterocycles. The van der Waals surface area contributed by atoms with Gasteiger partial charge in [-0.05, 0) is 29.7 Å². The van der Waals surface area contributed by atoms with E-state index < -0.39 is 0 Å². The number of hydrogen-bond acceptors (Lipinski definition) is 3. The first kappa shape index (κ1) is 8.62. The van der Waals surface area contributed by atoms with Crippen molar-refractivity contribution in [3.63, 3.8) is 0 Å². The summed E-state index contributed by atoms with van der Waals surface area (Å²) < 4.78 is 1.62. The van der Waals surface area contributed by atoms with Crippen molar-refractivity contribution >= 4 is 31.9 Å². The van der Waals surface area contributed by atoms with Gasteiger partial charge in [0, 0.05) is 6.54 Å². The zero-order chi connectivity index (χ0) is 8.60. The molecule has 0 bridgehead atoms. The van der Waals surface area contributed by atoms with Gasteiger partial charge in [0.05, 0.1) is 0 Å². The molecule has 2 rings (SSSR count). The van der Waals surface area contributed by atoms with Crippen molar-refractivity contribution in [1.29, 1.82) is 0 Å². The van der Waals surface area contributed by atoms with E-state index in [1.54, 1.807) is 0 Å². The minimum Gasteiger partial charge on any atom is -0.227 e. The van der Waals surface area contributed by atoms with Crippen molar-refractivity contribution in [3.05, 3.63) is 5.82 Å². The standard InChI is InChI=1S/C6H8Br2N4/c7-6(8)3-1-2-4-12-5(6)9-10-11-12/h1-4H2. The van der Waals surface area contributed by atoms with Crippen LogP contribution in [0.1, 0.15) is 25.1 Å². The molecule has 1 aliphatic heterocycles. The molecule has 12 heavy (non-hydrogen) atoms. The summed E-state index contributed by atoms with van der Waals surface area (Å²) >= 11 is 7.15. The largest absolute Gasteiger partial charge is 0.227 e. The number of halogens is 2. The fourth-order valence-electron chi connectivity index (χ4n) is 1.34. The van der Waals surface area contributed by atoms with E-state index in [4.69, 9.17) is 0 Å². The van der Waals surface area contributed by atoms with E-state index in [1.165, 1.54) is 6.42 Å². The van der Waals surface area contributed by atoms with Crippen LogP contribution in [0.5, 0.6) is 0 Å². The molecule has 0 saturated carbocycles. The molecule has 0 spiro atoms. The third-order valence-corrected chi connectivity index (χ3v) is 3.47. The van der Waals surface area contributed by atoms with Crippen LogP contribution in [-0.4, -0.2) is 20.2 Å². The quantitative estimate of drug-likeness (QED) is 0.686. The first-order valence-corrected chi connectivity index (χ1v) is 5.43. The smallest absolute Gasteiger partial charge is 0.178 e. The van der Waals surface area contributed by atoms with Crippen LogP contribution < -0.4 is 0 Å². The zero-order valence-electron chi connectivity index (χ0n) is 6.37. The fourth-order valence-corrected chi connectivity index (χ4v) is 2.47. The lowest BCUT2D eigenvalue weighted by molar-refractivity contribution is 0.556. The van der Waals surface area contributed by atoms with E-state index in [-0.39, 0.29) is 3.23 Å². The van der Waals surface area contributed by atoms with Crippen LogP contribution in [-0.2, 0) is 9.78 Å². The summed E-state index contributed by atoms with van der Waals surface area (Å²) in [5, 5.41) is 11.5. The first-order chi connectivity index (χ1) is 5.70. The molecule has 0 fully saturated rings. The molecular weight excluding hydrogens is 288 g/mol. The number of aryl methyl sites for hydroxylation is 1. The Labute approximate surface area is 87.0 Å². The highest BCUT2D eigenvalue weighted by molar-refractivity contribution is 9.24. The Morgan fingerprint density at radius 2 is 2.17 bits per heavy atom. The highest BCUT2D eigenvalue weighted by atomic mass is 79.9. The van der Waals surface area contributed by atoms with Gasteiger partial charge < -0.3 is 0 Å². The number of rotatable bonds is 0. The monoisotopic (exact) mass is 294 g/mol. The molecular formula is C6H8Br2N4. The first-order valence-electron chi connectivity index (χ1n) is 3.84. The normalized spacial score (nSPS) is 21.5. The molecule has 0 saturated heterocycles. The maximum Gasteiger partial charge on any atom is 0.178 e. The third kappa shape index (κ3) is 1.42. The van der Waals surface area contributed by atoms with Crippen molar-refractivity contribution in [2.24, 2.45) is 0 Å². The lowest BCUT2D eigenvalue weighted by Crippen LogP contribution is -2.14. The molecule has 0 atom stereocenters. The van der Waals surface area contributed by atoms with Crippen molar-refractivity contribution in [2.45, 2.75) is 29.0 Å². The minimum absolute atomic E-state index is 0.222. The van der Waals surface area contributed by atoms with Crippen LogP contribution in [0.3, 0.4) is 0 Å². The molecule has 4 nitrogen and oxygen atoms in total. The van der Waals surface area contributed by atoms with Crippen LogP contribution in [0.4, 0.5) is 0 Å². The predicted octanol–water partition coefficient (Wildman–Crippen LogP) is 1.80. The molecule has 66 valence electrons. The summed E-state index contributed by atoms with van der Waals surface area (Å²) in [5.74, 6) is 0.875. The number of aromatic nitrogens is 4. The number of alkyl halides is 2. The lowest BCUT2D eigenvalue weighted by Gasteiger charge is -2.14. The van der Waals surface area contributed by atoms with E-state index in [2.05, 4.69) is 47.4 Å². The maximum atomic E-state index is 3.98. The Hall–Kier alpha value is 0.0300. The van der Waals surface area contributed by atoms with Crippen LogP contribution in [0.15, 0.2) is 0 Å². The molecule has 1 aromatic heterocycles. The summed E-state index contributed by atoms with van der Waals surface area (Å²) in [6.45, 7) is 0.918. The topological polar surface area (TPSA) is 43.6 Å². The Kier molecular flexibility index (Phi) is 2.20. The van der Waals surface area contributed by atoms with E-state index in [1.807, 2.05) is 4.68 Å². The maximum absolute atomic E-state index is 3.98. The van der Waals surface area contributed by atoms with E-state index in [9.17, 15) is 0 Å². The van der Waals surface area contributed by atoms with Crippen molar-refractivity contribution in [2.75, 3.05) is 0 Å². The summed E-state index contributed by atoms with van der Waals surface area (Å²) in [4.78, 5) is 0. The molecule has 0 radical (unpaired) electrons. The van der Waals surface area contributed by atoms with Gasteiger partial charge in [0.1, 0.15) is 3.23 Å². The van der Waals surface area contributed by atoms with Gasteiger partial charge in [0.25, 0.3) is 0 Å². The predicted molar refractivity (Wildman–Crippen MR) is 51.2 cm³/mol. The number of nitrogens with zero attached hydrogens (tertiary/aromatic N) is 4. The Morgan fingerprint density at radius 3 is 3.00 bits per heavy atom. The zero-order valence-corrected chi connectivity index (χ0v) is 9.55. The minimum atomic E-state index is -0.222. The Bertz CT molecular complexity index is 283. The molecule has 0 aromatic carbocycles. The molecule has 1 aromatic rings. The fraction of sp³-hybridized carbons (Fsp3) is 0.833. The van der Waals surface area contributed by atoms with Gasteiger partial charge >= 0.3 is 0 Å². The molecule has 0 amide bonds. The van der Waals surface area contributed by atoms with Gasteiger partial charge in [-0.15, -0.1) is 5.10 Å². The van der Waals surface area contributed by atoms with Crippen LogP contribution in [0.25, 0.3) is 0 Å². The average molecular weight is 296 g/mol.